The Morgan fingerprint density at radius 2 is 1.60 bits per heavy atom. The fraction of sp³-hybridized carbons (Fsp3) is 0.348. The van der Waals surface area contributed by atoms with Crippen molar-refractivity contribution in [2.45, 2.75) is 32.2 Å². The monoisotopic (exact) mass is 410 g/mol. The molecule has 2 atom stereocenters. The number of nitrogens with one attached hydrogen (secondary N) is 2. The Morgan fingerprint density at radius 1 is 1.03 bits per heavy atom. The molecule has 158 valence electrons. The Bertz CT molecular complexity index is 897. The third kappa shape index (κ3) is 4.62. The maximum absolute atomic E-state index is 12.3. The van der Waals surface area contributed by atoms with Gasteiger partial charge in [0, 0.05) is 12.5 Å². The summed E-state index contributed by atoms with van der Waals surface area (Å²) in [7, 11) is 0. The molecule has 1 aliphatic rings. The zero-order valence-electron chi connectivity index (χ0n) is 17.1. The van der Waals surface area contributed by atoms with Gasteiger partial charge < -0.3 is 20.5 Å². The van der Waals surface area contributed by atoms with E-state index >= 15 is 0 Å². The molecule has 2 aromatic rings. The second-order valence-electron chi connectivity index (χ2n) is 7.42. The first kappa shape index (κ1) is 21.4. The summed E-state index contributed by atoms with van der Waals surface area (Å²) in [4.78, 5) is 35.5. The molecule has 7 nitrogen and oxygen atoms in total. The number of carboxylic acids is 1. The van der Waals surface area contributed by atoms with Gasteiger partial charge in [0.05, 0.1) is 5.92 Å². The Kier molecular flexibility index (Phi) is 6.72. The quantitative estimate of drug-likeness (QED) is 0.620. The topological polar surface area (TPSA) is 105 Å². The Morgan fingerprint density at radius 3 is 2.13 bits per heavy atom. The molecule has 0 fully saturated rings. The number of carboxylic acid groups (broad SMARTS) is 1. The van der Waals surface area contributed by atoms with E-state index in [9.17, 15) is 14.4 Å². The van der Waals surface area contributed by atoms with E-state index in [-0.39, 0.29) is 19.1 Å². The van der Waals surface area contributed by atoms with Crippen LogP contribution >= 0.6 is 0 Å². The highest BCUT2D eigenvalue weighted by molar-refractivity contribution is 5.86. The third-order valence-electron chi connectivity index (χ3n) is 5.36. The Balaban J connectivity index is 1.59. The van der Waals surface area contributed by atoms with Crippen LogP contribution in [-0.4, -0.2) is 42.3 Å². The molecule has 1 aliphatic carbocycles. The van der Waals surface area contributed by atoms with Gasteiger partial charge in [-0.1, -0.05) is 62.4 Å². The van der Waals surface area contributed by atoms with Gasteiger partial charge >= 0.3 is 12.1 Å². The first-order valence-corrected chi connectivity index (χ1v) is 10.0. The van der Waals surface area contributed by atoms with Crippen molar-refractivity contribution in [2.24, 2.45) is 5.92 Å². The SMILES string of the molecule is CC[C@@H](NC(=O)OCC1c2ccccc2-c2ccccc21)C(=O)NCC(C)C(=O)O. The molecular formula is C23H26N2O5. The molecule has 2 aromatic carbocycles. The smallest absolute Gasteiger partial charge is 0.407 e. The zero-order valence-corrected chi connectivity index (χ0v) is 17.1. The summed E-state index contributed by atoms with van der Waals surface area (Å²) in [5.41, 5.74) is 4.50. The maximum atomic E-state index is 12.3. The van der Waals surface area contributed by atoms with Gasteiger partial charge in [-0.05, 0) is 28.7 Å². The van der Waals surface area contributed by atoms with Crippen LogP contribution in [0.3, 0.4) is 0 Å². The number of aliphatic carboxylic acids is 1. The zero-order chi connectivity index (χ0) is 21.7. The normalized spacial score (nSPS) is 14.2. The van der Waals surface area contributed by atoms with Crippen molar-refractivity contribution >= 4 is 18.0 Å². The number of hydrogen-bond acceptors (Lipinski definition) is 4. The molecule has 0 bridgehead atoms. The first-order chi connectivity index (χ1) is 14.4. The highest BCUT2D eigenvalue weighted by Crippen LogP contribution is 2.44. The number of fused-ring (bicyclic) bond motifs is 3. The summed E-state index contributed by atoms with van der Waals surface area (Å²) < 4.78 is 5.46. The molecule has 0 spiro atoms. The lowest BCUT2D eigenvalue weighted by atomic mass is 9.98. The second kappa shape index (κ2) is 9.43. The molecule has 3 rings (SSSR count). The Labute approximate surface area is 175 Å². The predicted octanol–water partition coefficient (Wildman–Crippen LogP) is 3.14. The molecule has 0 aliphatic heterocycles. The molecule has 0 radical (unpaired) electrons. The maximum Gasteiger partial charge on any atom is 0.407 e. The molecule has 0 aromatic heterocycles. The van der Waals surface area contributed by atoms with Crippen molar-refractivity contribution in [3.05, 3.63) is 59.7 Å². The minimum atomic E-state index is -0.993. The fourth-order valence-electron chi connectivity index (χ4n) is 3.60. The number of alkyl carbamates (subject to hydrolysis) is 1. The van der Waals surface area contributed by atoms with Crippen LogP contribution in [-0.2, 0) is 14.3 Å². The van der Waals surface area contributed by atoms with E-state index in [0.29, 0.717) is 6.42 Å². The van der Waals surface area contributed by atoms with Gasteiger partial charge in [-0.25, -0.2) is 4.79 Å². The van der Waals surface area contributed by atoms with Crippen LogP contribution in [0.5, 0.6) is 0 Å². The predicted molar refractivity (Wildman–Crippen MR) is 112 cm³/mol. The van der Waals surface area contributed by atoms with Crippen molar-refractivity contribution in [1.82, 2.24) is 10.6 Å². The minimum Gasteiger partial charge on any atom is -0.481 e. The van der Waals surface area contributed by atoms with E-state index in [4.69, 9.17) is 9.84 Å². The van der Waals surface area contributed by atoms with Crippen molar-refractivity contribution in [3.63, 3.8) is 0 Å². The van der Waals surface area contributed by atoms with Crippen molar-refractivity contribution < 1.29 is 24.2 Å². The average molecular weight is 410 g/mol. The summed E-state index contributed by atoms with van der Waals surface area (Å²) in [6.07, 6.45) is -0.317. The number of benzene rings is 2. The van der Waals surface area contributed by atoms with Gasteiger partial charge in [0.25, 0.3) is 0 Å². The number of amides is 2. The summed E-state index contributed by atoms with van der Waals surface area (Å²) in [6, 6.07) is 15.3. The first-order valence-electron chi connectivity index (χ1n) is 10.0. The van der Waals surface area contributed by atoms with Gasteiger partial charge in [-0.2, -0.15) is 0 Å². The lowest BCUT2D eigenvalue weighted by Gasteiger charge is -2.19. The van der Waals surface area contributed by atoms with E-state index in [1.54, 1.807) is 6.92 Å². The Hall–Kier alpha value is -3.35. The van der Waals surface area contributed by atoms with Crippen LogP contribution in [0, 0.1) is 5.92 Å². The number of carbonyl (C=O) groups excluding carboxylic acids is 2. The van der Waals surface area contributed by atoms with Crippen LogP contribution in [0.2, 0.25) is 0 Å². The number of rotatable bonds is 8. The molecule has 3 N–H and O–H groups in total. The van der Waals surface area contributed by atoms with E-state index in [1.807, 2.05) is 36.4 Å². The van der Waals surface area contributed by atoms with E-state index < -0.39 is 29.9 Å². The lowest BCUT2D eigenvalue weighted by molar-refractivity contribution is -0.141. The number of carbonyl (C=O) groups is 3. The van der Waals surface area contributed by atoms with E-state index in [1.165, 1.54) is 6.92 Å². The van der Waals surface area contributed by atoms with Crippen molar-refractivity contribution in [2.75, 3.05) is 13.2 Å². The van der Waals surface area contributed by atoms with Crippen LogP contribution in [0.15, 0.2) is 48.5 Å². The fourth-order valence-corrected chi connectivity index (χ4v) is 3.60. The van der Waals surface area contributed by atoms with Crippen LogP contribution in [0.25, 0.3) is 11.1 Å². The summed E-state index contributed by atoms with van der Waals surface area (Å²) >= 11 is 0. The molecule has 2 amide bonds. The van der Waals surface area contributed by atoms with E-state index in [2.05, 4.69) is 22.8 Å². The van der Waals surface area contributed by atoms with E-state index in [0.717, 1.165) is 22.3 Å². The highest BCUT2D eigenvalue weighted by atomic mass is 16.5. The molecule has 1 unspecified atom stereocenters. The molecule has 0 saturated carbocycles. The van der Waals surface area contributed by atoms with Gasteiger partial charge in [0.15, 0.2) is 0 Å². The highest BCUT2D eigenvalue weighted by Gasteiger charge is 2.29. The molecule has 0 heterocycles. The largest absolute Gasteiger partial charge is 0.481 e. The van der Waals surface area contributed by atoms with Crippen LogP contribution in [0.1, 0.15) is 37.3 Å². The van der Waals surface area contributed by atoms with Gasteiger partial charge in [0.1, 0.15) is 12.6 Å². The molecule has 0 saturated heterocycles. The lowest BCUT2D eigenvalue weighted by Crippen LogP contribution is -2.48. The second-order valence-corrected chi connectivity index (χ2v) is 7.42. The summed E-state index contributed by atoms with van der Waals surface area (Å²) in [5, 5.41) is 14.0. The molecule has 30 heavy (non-hydrogen) atoms. The van der Waals surface area contributed by atoms with Gasteiger partial charge in [0.2, 0.25) is 5.91 Å². The minimum absolute atomic E-state index is 0.00294. The van der Waals surface area contributed by atoms with Crippen LogP contribution in [0.4, 0.5) is 4.79 Å². The van der Waals surface area contributed by atoms with Gasteiger partial charge in [-0.15, -0.1) is 0 Å². The van der Waals surface area contributed by atoms with Crippen molar-refractivity contribution in [3.8, 4) is 11.1 Å². The number of ether oxygens (including phenoxy) is 1. The average Bonchev–Trinajstić information content (AvgIpc) is 3.07. The summed E-state index contributed by atoms with van der Waals surface area (Å²) in [5.74, 6) is -2.19. The van der Waals surface area contributed by atoms with Crippen molar-refractivity contribution in [1.29, 1.82) is 0 Å². The third-order valence-corrected chi connectivity index (χ3v) is 5.36. The molecular weight excluding hydrogens is 384 g/mol. The standard InChI is InChI=1S/C23H26N2O5/c1-3-20(21(26)24-12-14(2)22(27)28)25-23(29)30-13-19-17-10-6-4-8-15(17)16-9-5-7-11-18(16)19/h4-11,14,19-20H,3,12-13H2,1-2H3,(H,24,26)(H,25,29)(H,27,28)/t14?,20-/m1/s1. The summed E-state index contributed by atoms with van der Waals surface area (Å²) in [6.45, 7) is 3.42. The van der Waals surface area contributed by atoms with Gasteiger partial charge in [-0.3, -0.25) is 9.59 Å². The molecule has 7 heteroatoms. The van der Waals surface area contributed by atoms with Crippen LogP contribution < -0.4 is 10.6 Å². The number of hydrogen-bond donors (Lipinski definition) is 3.